The molecule has 0 aliphatic rings. The van der Waals surface area contributed by atoms with Crippen LogP contribution >= 0.6 is 0 Å². The van der Waals surface area contributed by atoms with Crippen LogP contribution in [-0.4, -0.2) is 29.6 Å². The van der Waals surface area contributed by atoms with Gasteiger partial charge in [-0.15, -0.1) is 0 Å². The van der Waals surface area contributed by atoms with E-state index in [-0.39, 0.29) is 24.9 Å². The lowest BCUT2D eigenvalue weighted by molar-refractivity contribution is -0.137. The van der Waals surface area contributed by atoms with Gasteiger partial charge in [0.1, 0.15) is 0 Å². The molecule has 4 N–H and O–H groups in total. The van der Waals surface area contributed by atoms with Crippen LogP contribution in [0.25, 0.3) is 0 Å². The molecule has 0 aromatic heterocycles. The van der Waals surface area contributed by atoms with E-state index in [4.69, 9.17) is 5.11 Å². The summed E-state index contributed by atoms with van der Waals surface area (Å²) >= 11 is 0. The molecule has 7 heteroatoms. The number of aryl methyl sites for hydroxylation is 1. The third-order valence-corrected chi connectivity index (χ3v) is 4.07. The lowest BCUT2D eigenvalue weighted by Gasteiger charge is -2.09. The van der Waals surface area contributed by atoms with Crippen LogP contribution in [0.15, 0.2) is 48.5 Å². The predicted molar refractivity (Wildman–Crippen MR) is 106 cm³/mol. The molecule has 0 saturated carbocycles. The third kappa shape index (κ3) is 7.49. The maximum absolute atomic E-state index is 12.3. The monoisotopic (exact) mass is 383 g/mol. The first-order chi connectivity index (χ1) is 13.4. The number of hydrogen-bond donors (Lipinski definition) is 4. The zero-order valence-corrected chi connectivity index (χ0v) is 15.8. The molecular weight excluding hydrogens is 358 g/mol. The van der Waals surface area contributed by atoms with E-state index >= 15 is 0 Å². The molecule has 0 spiro atoms. The first-order valence-corrected chi connectivity index (χ1v) is 9.10. The molecule has 2 aromatic rings. The Balaban J connectivity index is 1.78. The number of amides is 3. The first kappa shape index (κ1) is 21.0. The second-order valence-corrected chi connectivity index (χ2v) is 6.48. The van der Waals surface area contributed by atoms with Crippen molar-refractivity contribution in [3.05, 3.63) is 70.8 Å². The van der Waals surface area contributed by atoms with Crippen LogP contribution in [0, 0.1) is 6.92 Å². The minimum absolute atomic E-state index is 0.0139. The Morgan fingerprint density at radius 2 is 1.61 bits per heavy atom. The molecule has 0 aliphatic heterocycles. The normalized spacial score (nSPS) is 10.2. The van der Waals surface area contributed by atoms with Gasteiger partial charge in [0.2, 0.25) is 0 Å². The fourth-order valence-corrected chi connectivity index (χ4v) is 2.50. The molecule has 0 atom stereocenters. The van der Waals surface area contributed by atoms with Gasteiger partial charge >= 0.3 is 12.0 Å². The average molecular weight is 383 g/mol. The van der Waals surface area contributed by atoms with Gasteiger partial charge in [0.05, 0.1) is 0 Å². The van der Waals surface area contributed by atoms with Gasteiger partial charge in [0.15, 0.2) is 0 Å². The SMILES string of the molecule is Cc1ccc(CNC(=O)c2cccc(CNC(=O)NCCCC(=O)O)c2)cc1. The van der Waals surface area contributed by atoms with E-state index in [1.165, 1.54) is 5.56 Å². The Labute approximate surface area is 164 Å². The third-order valence-electron chi connectivity index (χ3n) is 4.07. The van der Waals surface area contributed by atoms with E-state index in [1.54, 1.807) is 18.2 Å². The van der Waals surface area contributed by atoms with E-state index in [0.717, 1.165) is 11.1 Å². The summed E-state index contributed by atoms with van der Waals surface area (Å²) in [6.07, 6.45) is 0.388. The number of carboxylic acids is 1. The molecule has 7 nitrogen and oxygen atoms in total. The van der Waals surface area contributed by atoms with Gasteiger partial charge in [0.25, 0.3) is 5.91 Å². The van der Waals surface area contributed by atoms with E-state index in [1.807, 2.05) is 37.3 Å². The fraction of sp³-hybridized carbons (Fsp3) is 0.286. The number of carboxylic acid groups (broad SMARTS) is 1. The number of hydrogen-bond acceptors (Lipinski definition) is 3. The van der Waals surface area contributed by atoms with Crippen molar-refractivity contribution < 1.29 is 19.5 Å². The van der Waals surface area contributed by atoms with Crippen molar-refractivity contribution in [3.8, 4) is 0 Å². The van der Waals surface area contributed by atoms with Crippen molar-refractivity contribution >= 4 is 17.9 Å². The summed E-state index contributed by atoms with van der Waals surface area (Å²) in [5.74, 6) is -1.07. The Kier molecular flexibility index (Phi) is 8.02. The molecule has 0 bridgehead atoms. The van der Waals surface area contributed by atoms with Gasteiger partial charge in [-0.25, -0.2) is 4.79 Å². The van der Waals surface area contributed by atoms with Crippen molar-refractivity contribution in [1.82, 2.24) is 16.0 Å². The number of nitrogens with one attached hydrogen (secondary N) is 3. The number of urea groups is 1. The van der Waals surface area contributed by atoms with Gasteiger partial charge in [0, 0.05) is 31.6 Å². The topological polar surface area (TPSA) is 108 Å². The summed E-state index contributed by atoms with van der Waals surface area (Å²) in [6.45, 7) is 3.02. The van der Waals surface area contributed by atoms with Crippen LogP contribution in [0.3, 0.4) is 0 Å². The molecule has 2 rings (SSSR count). The molecule has 0 fully saturated rings. The van der Waals surface area contributed by atoms with Crippen molar-refractivity contribution in [2.75, 3.05) is 6.54 Å². The summed E-state index contributed by atoms with van der Waals surface area (Å²) in [5, 5.41) is 16.7. The Morgan fingerprint density at radius 3 is 2.32 bits per heavy atom. The standard InChI is InChI=1S/C21H25N3O4/c1-15-7-9-16(10-8-15)13-23-20(27)18-5-2-4-17(12-18)14-24-21(28)22-11-3-6-19(25)26/h2,4-5,7-10,12H,3,6,11,13-14H2,1H3,(H,23,27)(H,25,26)(H2,22,24,28). The molecule has 0 heterocycles. The first-order valence-electron chi connectivity index (χ1n) is 9.10. The van der Waals surface area contributed by atoms with Gasteiger partial charge in [-0.2, -0.15) is 0 Å². The molecule has 0 saturated heterocycles. The van der Waals surface area contributed by atoms with Crippen molar-refractivity contribution in [1.29, 1.82) is 0 Å². The largest absolute Gasteiger partial charge is 0.481 e. The molecule has 2 aromatic carbocycles. The second kappa shape index (κ2) is 10.7. The number of rotatable bonds is 9. The predicted octanol–water partition coefficient (Wildman–Crippen LogP) is 2.59. The highest BCUT2D eigenvalue weighted by molar-refractivity contribution is 5.94. The average Bonchev–Trinajstić information content (AvgIpc) is 2.69. The van der Waals surface area contributed by atoms with E-state index in [2.05, 4.69) is 16.0 Å². The van der Waals surface area contributed by atoms with Crippen molar-refractivity contribution in [2.45, 2.75) is 32.9 Å². The number of carbonyl (C=O) groups excluding carboxylic acids is 2. The van der Waals surface area contributed by atoms with Crippen LogP contribution in [0.4, 0.5) is 4.79 Å². The zero-order chi connectivity index (χ0) is 20.4. The summed E-state index contributed by atoms with van der Waals surface area (Å²) in [6, 6.07) is 14.6. The smallest absolute Gasteiger partial charge is 0.315 e. The quantitative estimate of drug-likeness (QED) is 0.499. The van der Waals surface area contributed by atoms with Gasteiger partial charge < -0.3 is 21.1 Å². The molecule has 28 heavy (non-hydrogen) atoms. The van der Waals surface area contributed by atoms with Crippen molar-refractivity contribution in [2.24, 2.45) is 0 Å². The Hall–Kier alpha value is -3.35. The Morgan fingerprint density at radius 1 is 0.893 bits per heavy atom. The molecule has 3 amide bonds. The maximum atomic E-state index is 12.3. The summed E-state index contributed by atoms with van der Waals surface area (Å²) in [4.78, 5) is 34.5. The van der Waals surface area contributed by atoms with Crippen LogP contribution in [-0.2, 0) is 17.9 Å². The molecule has 0 aliphatic carbocycles. The van der Waals surface area contributed by atoms with Gasteiger partial charge in [-0.1, -0.05) is 42.0 Å². The van der Waals surface area contributed by atoms with Gasteiger partial charge in [-0.3, -0.25) is 9.59 Å². The van der Waals surface area contributed by atoms with Crippen LogP contribution in [0.2, 0.25) is 0 Å². The second-order valence-electron chi connectivity index (χ2n) is 6.48. The number of benzene rings is 2. The minimum atomic E-state index is -0.889. The highest BCUT2D eigenvalue weighted by Crippen LogP contribution is 2.07. The molecule has 148 valence electrons. The fourth-order valence-electron chi connectivity index (χ4n) is 2.50. The highest BCUT2D eigenvalue weighted by atomic mass is 16.4. The lowest BCUT2D eigenvalue weighted by atomic mass is 10.1. The Bertz CT molecular complexity index is 819. The lowest BCUT2D eigenvalue weighted by Crippen LogP contribution is -2.35. The maximum Gasteiger partial charge on any atom is 0.315 e. The number of carbonyl (C=O) groups is 3. The molecule has 0 radical (unpaired) electrons. The number of aliphatic carboxylic acids is 1. The zero-order valence-electron chi connectivity index (χ0n) is 15.8. The van der Waals surface area contributed by atoms with E-state index < -0.39 is 5.97 Å². The van der Waals surface area contributed by atoms with E-state index in [0.29, 0.717) is 25.1 Å². The molecule has 0 unspecified atom stereocenters. The van der Waals surface area contributed by atoms with E-state index in [9.17, 15) is 14.4 Å². The van der Waals surface area contributed by atoms with Crippen LogP contribution < -0.4 is 16.0 Å². The van der Waals surface area contributed by atoms with Gasteiger partial charge in [-0.05, 0) is 36.6 Å². The highest BCUT2D eigenvalue weighted by Gasteiger charge is 2.07. The van der Waals surface area contributed by atoms with Crippen LogP contribution in [0.1, 0.15) is 39.9 Å². The summed E-state index contributed by atoms with van der Waals surface area (Å²) in [7, 11) is 0. The van der Waals surface area contributed by atoms with Crippen molar-refractivity contribution in [3.63, 3.8) is 0 Å². The molecular formula is C21H25N3O4. The minimum Gasteiger partial charge on any atom is -0.481 e. The summed E-state index contributed by atoms with van der Waals surface area (Å²) < 4.78 is 0. The van der Waals surface area contributed by atoms with Crippen LogP contribution in [0.5, 0.6) is 0 Å². The summed E-state index contributed by atoms with van der Waals surface area (Å²) in [5.41, 5.74) is 3.51.